The number of piperazine rings is 1. The van der Waals surface area contributed by atoms with Crippen LogP contribution in [0.15, 0.2) is 108 Å². The average molecular weight is 549 g/mol. The summed E-state index contributed by atoms with van der Waals surface area (Å²) in [4.78, 5) is 29.5. The van der Waals surface area contributed by atoms with Crippen molar-refractivity contribution in [3.8, 4) is 11.5 Å². The summed E-state index contributed by atoms with van der Waals surface area (Å²) in [6.07, 6.45) is 1.54. The van der Waals surface area contributed by atoms with Gasteiger partial charge in [0.25, 0.3) is 5.91 Å². The van der Waals surface area contributed by atoms with Crippen molar-refractivity contribution < 1.29 is 19.1 Å². The van der Waals surface area contributed by atoms with Gasteiger partial charge in [-0.15, -0.1) is 0 Å². The minimum atomic E-state index is -0.419. The van der Waals surface area contributed by atoms with Crippen LogP contribution in [-0.4, -0.2) is 56.3 Å². The first-order chi connectivity index (χ1) is 20.1. The molecule has 5 rings (SSSR count). The molecule has 8 nitrogen and oxygen atoms in total. The number of benzene rings is 4. The van der Waals surface area contributed by atoms with Crippen molar-refractivity contribution in [1.82, 2.24) is 10.3 Å². The Hall–Kier alpha value is -4.95. The van der Waals surface area contributed by atoms with Gasteiger partial charge >= 0.3 is 5.97 Å². The summed E-state index contributed by atoms with van der Waals surface area (Å²) in [5.74, 6) is 0.626. The maximum atomic E-state index is 12.6. The van der Waals surface area contributed by atoms with Crippen LogP contribution >= 0.6 is 0 Å². The molecule has 0 aromatic heterocycles. The number of nitrogens with one attached hydrogen (secondary N) is 1. The van der Waals surface area contributed by atoms with E-state index in [1.165, 1.54) is 0 Å². The molecule has 41 heavy (non-hydrogen) atoms. The first kappa shape index (κ1) is 27.6. The number of rotatable bonds is 9. The first-order valence-corrected chi connectivity index (χ1v) is 13.5. The third kappa shape index (κ3) is 7.38. The highest BCUT2D eigenvalue weighted by molar-refractivity contribution is 5.95. The molecule has 0 aliphatic carbocycles. The molecule has 8 heteroatoms. The Kier molecular flexibility index (Phi) is 9.03. The first-order valence-electron chi connectivity index (χ1n) is 13.5. The fourth-order valence-corrected chi connectivity index (χ4v) is 4.65. The number of esters is 1. The van der Waals surface area contributed by atoms with Gasteiger partial charge in [-0.25, -0.2) is 10.2 Å². The van der Waals surface area contributed by atoms with Gasteiger partial charge in [-0.2, -0.15) is 5.10 Å². The third-order valence-corrected chi connectivity index (χ3v) is 6.90. The molecular weight excluding hydrogens is 516 g/mol. The van der Waals surface area contributed by atoms with E-state index in [0.29, 0.717) is 16.9 Å². The number of methoxy groups -OCH3 is 1. The third-order valence-electron chi connectivity index (χ3n) is 6.90. The Labute approximate surface area is 239 Å². The van der Waals surface area contributed by atoms with Crippen molar-refractivity contribution >= 4 is 23.8 Å². The lowest BCUT2D eigenvalue weighted by molar-refractivity contribution is 0.0734. The number of carbonyl (C=O) groups is 2. The standard InChI is InChI=1S/C33H32N4O4/c1-40-31-10-6-5-9-30(31)37-21-19-36(20-22-37)24-26-11-15-27(16-12-26)32(38)35-34-23-25-13-17-29(18-14-25)41-33(39)28-7-3-2-4-8-28/h2-18,23H,19-22,24H2,1H3,(H,35,38). The van der Waals surface area contributed by atoms with E-state index >= 15 is 0 Å². The molecule has 1 aliphatic rings. The molecule has 1 N–H and O–H groups in total. The zero-order chi connectivity index (χ0) is 28.4. The lowest BCUT2D eigenvalue weighted by Gasteiger charge is -2.36. The number of carbonyl (C=O) groups excluding carboxylic acids is 2. The number of hydrogen-bond donors (Lipinski definition) is 1. The number of hydrazone groups is 1. The molecule has 1 heterocycles. The molecule has 0 bridgehead atoms. The van der Waals surface area contributed by atoms with Crippen molar-refractivity contribution in [2.45, 2.75) is 6.54 Å². The van der Waals surface area contributed by atoms with E-state index in [-0.39, 0.29) is 5.91 Å². The predicted molar refractivity (Wildman–Crippen MR) is 160 cm³/mol. The monoisotopic (exact) mass is 548 g/mol. The fourth-order valence-electron chi connectivity index (χ4n) is 4.65. The van der Waals surface area contributed by atoms with Crippen LogP contribution in [0.2, 0.25) is 0 Å². The van der Waals surface area contributed by atoms with E-state index < -0.39 is 5.97 Å². The largest absolute Gasteiger partial charge is 0.495 e. The van der Waals surface area contributed by atoms with Crippen LogP contribution in [0.1, 0.15) is 31.8 Å². The van der Waals surface area contributed by atoms with E-state index in [1.54, 1.807) is 61.9 Å². The maximum Gasteiger partial charge on any atom is 0.343 e. The molecule has 0 radical (unpaired) electrons. The Morgan fingerprint density at radius 1 is 0.805 bits per heavy atom. The molecular formula is C33H32N4O4. The molecule has 4 aromatic carbocycles. The number of nitrogens with zero attached hydrogens (tertiary/aromatic N) is 3. The Morgan fingerprint density at radius 2 is 1.49 bits per heavy atom. The number of hydrogen-bond acceptors (Lipinski definition) is 7. The van der Waals surface area contributed by atoms with Crippen LogP contribution < -0.4 is 19.8 Å². The van der Waals surface area contributed by atoms with Crippen molar-refractivity contribution in [2.24, 2.45) is 5.10 Å². The minimum absolute atomic E-state index is 0.286. The smallest absolute Gasteiger partial charge is 0.343 e. The number of amides is 1. The van der Waals surface area contributed by atoms with Crippen LogP contribution in [0, 0.1) is 0 Å². The quantitative estimate of drug-likeness (QED) is 0.137. The summed E-state index contributed by atoms with van der Waals surface area (Å²) in [7, 11) is 1.71. The normalized spacial score (nSPS) is 13.6. The number of anilines is 1. The van der Waals surface area contributed by atoms with Crippen molar-refractivity contribution in [3.05, 3.63) is 125 Å². The molecule has 0 atom stereocenters. The van der Waals surface area contributed by atoms with E-state index in [4.69, 9.17) is 9.47 Å². The highest BCUT2D eigenvalue weighted by Gasteiger charge is 2.19. The second kappa shape index (κ2) is 13.4. The van der Waals surface area contributed by atoms with E-state index in [2.05, 4.69) is 26.4 Å². The average Bonchev–Trinajstić information content (AvgIpc) is 3.03. The number of para-hydroxylation sites is 2. The molecule has 4 aromatic rings. The lowest BCUT2D eigenvalue weighted by atomic mass is 10.1. The molecule has 0 unspecified atom stereocenters. The second-order valence-corrected chi connectivity index (χ2v) is 9.66. The summed E-state index contributed by atoms with van der Waals surface area (Å²) in [6.45, 7) is 4.59. The van der Waals surface area contributed by atoms with Crippen molar-refractivity contribution in [2.75, 3.05) is 38.2 Å². The molecule has 1 fully saturated rings. The van der Waals surface area contributed by atoms with E-state index in [0.717, 1.165) is 55.3 Å². The summed E-state index contributed by atoms with van der Waals surface area (Å²) in [6, 6.07) is 31.4. The topological polar surface area (TPSA) is 83.5 Å². The molecule has 0 saturated carbocycles. The molecule has 208 valence electrons. The van der Waals surface area contributed by atoms with Gasteiger partial charge in [0.1, 0.15) is 11.5 Å². The van der Waals surface area contributed by atoms with E-state index in [1.807, 2.05) is 48.5 Å². The summed E-state index contributed by atoms with van der Waals surface area (Å²) < 4.78 is 10.9. The Bertz CT molecular complexity index is 1480. The van der Waals surface area contributed by atoms with Gasteiger partial charge in [-0.3, -0.25) is 9.69 Å². The zero-order valence-electron chi connectivity index (χ0n) is 22.9. The van der Waals surface area contributed by atoms with Crippen LogP contribution in [0.4, 0.5) is 5.69 Å². The highest BCUT2D eigenvalue weighted by Crippen LogP contribution is 2.28. The summed E-state index contributed by atoms with van der Waals surface area (Å²) in [5, 5.41) is 4.06. The Morgan fingerprint density at radius 3 is 2.20 bits per heavy atom. The SMILES string of the molecule is COc1ccccc1N1CCN(Cc2ccc(C(=O)NN=Cc3ccc(OC(=O)c4ccccc4)cc3)cc2)CC1. The van der Waals surface area contributed by atoms with Crippen LogP contribution in [-0.2, 0) is 6.54 Å². The van der Waals surface area contributed by atoms with Crippen LogP contribution in [0.5, 0.6) is 11.5 Å². The molecule has 1 amide bonds. The predicted octanol–water partition coefficient (Wildman–Crippen LogP) is 5.00. The van der Waals surface area contributed by atoms with Gasteiger partial charge in [0.15, 0.2) is 0 Å². The van der Waals surface area contributed by atoms with Crippen molar-refractivity contribution in [3.63, 3.8) is 0 Å². The minimum Gasteiger partial charge on any atom is -0.495 e. The van der Waals surface area contributed by atoms with Gasteiger partial charge in [-0.05, 0) is 71.8 Å². The van der Waals surface area contributed by atoms with Crippen molar-refractivity contribution in [1.29, 1.82) is 0 Å². The number of ether oxygens (including phenoxy) is 2. The zero-order valence-corrected chi connectivity index (χ0v) is 22.9. The van der Waals surface area contributed by atoms with Gasteiger partial charge in [0, 0.05) is 38.3 Å². The van der Waals surface area contributed by atoms with Crippen LogP contribution in [0.3, 0.4) is 0 Å². The second-order valence-electron chi connectivity index (χ2n) is 9.66. The fraction of sp³-hybridized carbons (Fsp3) is 0.182. The van der Waals surface area contributed by atoms with Gasteiger partial charge in [-0.1, -0.05) is 42.5 Å². The lowest BCUT2D eigenvalue weighted by Crippen LogP contribution is -2.46. The van der Waals surface area contributed by atoms with Gasteiger partial charge in [0.2, 0.25) is 0 Å². The Balaban J connectivity index is 1.07. The van der Waals surface area contributed by atoms with Gasteiger partial charge in [0.05, 0.1) is 24.6 Å². The van der Waals surface area contributed by atoms with Crippen LogP contribution in [0.25, 0.3) is 0 Å². The molecule has 0 spiro atoms. The molecule has 1 aliphatic heterocycles. The highest BCUT2D eigenvalue weighted by atomic mass is 16.5. The maximum absolute atomic E-state index is 12.6. The summed E-state index contributed by atoms with van der Waals surface area (Å²) in [5.41, 5.74) is 6.63. The van der Waals surface area contributed by atoms with E-state index in [9.17, 15) is 9.59 Å². The van der Waals surface area contributed by atoms with Gasteiger partial charge < -0.3 is 14.4 Å². The molecule has 1 saturated heterocycles. The summed E-state index contributed by atoms with van der Waals surface area (Å²) >= 11 is 0.